The zero-order valence-corrected chi connectivity index (χ0v) is 11.6. The van der Waals surface area contributed by atoms with Crippen molar-refractivity contribution in [3.63, 3.8) is 0 Å². The van der Waals surface area contributed by atoms with Gasteiger partial charge in [-0.2, -0.15) is 0 Å². The first-order valence-electron chi connectivity index (χ1n) is 6.36. The minimum Gasteiger partial charge on any atom is -0.381 e. The lowest BCUT2D eigenvalue weighted by molar-refractivity contribution is 0.193. The molecule has 0 bridgehead atoms. The number of hydrogen-bond acceptors (Lipinski definition) is 6. The Bertz CT molecular complexity index is 551. The van der Waals surface area contributed by atoms with E-state index >= 15 is 0 Å². The van der Waals surface area contributed by atoms with Gasteiger partial charge in [-0.15, -0.1) is 11.3 Å². The van der Waals surface area contributed by atoms with Crippen LogP contribution in [0.3, 0.4) is 0 Å². The summed E-state index contributed by atoms with van der Waals surface area (Å²) in [5.74, 6) is 1.26. The maximum atomic E-state index is 5.39. The van der Waals surface area contributed by atoms with Crippen molar-refractivity contribution in [2.45, 2.75) is 25.8 Å². The van der Waals surface area contributed by atoms with Gasteiger partial charge in [0.1, 0.15) is 12.1 Å². The van der Waals surface area contributed by atoms with Crippen LogP contribution in [0.15, 0.2) is 17.8 Å². The molecule has 0 aliphatic carbocycles. The highest BCUT2D eigenvalue weighted by Gasteiger charge is 2.19. The van der Waals surface area contributed by atoms with Crippen molar-refractivity contribution in [1.29, 1.82) is 0 Å². The molecule has 0 amide bonds. The second-order valence-electron chi connectivity index (χ2n) is 4.60. The zero-order chi connectivity index (χ0) is 13.1. The summed E-state index contributed by atoms with van der Waals surface area (Å²) in [6.07, 6.45) is 2.66. The number of nitrogens with zero attached hydrogens (tertiary/aromatic N) is 3. The fourth-order valence-electron chi connectivity index (χ4n) is 2.13. The molecule has 1 aliphatic rings. The van der Waals surface area contributed by atoms with Gasteiger partial charge in [0.05, 0.1) is 29.5 Å². The molecule has 0 aromatic carbocycles. The highest BCUT2D eigenvalue weighted by molar-refractivity contribution is 7.09. The lowest BCUT2D eigenvalue weighted by atomic mass is 10.1. The van der Waals surface area contributed by atoms with Crippen molar-refractivity contribution in [2.75, 3.05) is 18.5 Å². The minimum absolute atomic E-state index is 0.407. The average Bonchev–Trinajstić information content (AvgIpc) is 3.08. The number of aromatic nitrogens is 3. The van der Waals surface area contributed by atoms with Crippen LogP contribution in [0, 0.1) is 6.92 Å². The molecule has 6 heteroatoms. The third kappa shape index (κ3) is 3.08. The summed E-state index contributed by atoms with van der Waals surface area (Å²) in [4.78, 5) is 13.0. The Morgan fingerprint density at radius 3 is 3.16 bits per heavy atom. The summed E-state index contributed by atoms with van der Waals surface area (Å²) in [6, 6.07) is 2.01. The van der Waals surface area contributed by atoms with E-state index in [2.05, 4.69) is 25.6 Å². The van der Waals surface area contributed by atoms with Crippen LogP contribution in [0.5, 0.6) is 0 Å². The van der Waals surface area contributed by atoms with Crippen LogP contribution in [-0.4, -0.2) is 28.2 Å². The first kappa shape index (κ1) is 12.5. The van der Waals surface area contributed by atoms with E-state index in [-0.39, 0.29) is 0 Å². The number of hydrogen-bond donors (Lipinski definition) is 1. The van der Waals surface area contributed by atoms with Crippen LogP contribution in [0.2, 0.25) is 0 Å². The summed E-state index contributed by atoms with van der Waals surface area (Å²) in [5.41, 5.74) is 2.11. The Kier molecular flexibility index (Phi) is 3.70. The number of nitrogens with one attached hydrogen (secondary N) is 1. The molecule has 5 nitrogen and oxygen atoms in total. The van der Waals surface area contributed by atoms with Crippen LogP contribution in [0.25, 0.3) is 0 Å². The minimum atomic E-state index is 0.407. The number of aryl methyl sites for hydroxylation is 1. The van der Waals surface area contributed by atoms with Gasteiger partial charge in [0.15, 0.2) is 0 Å². The van der Waals surface area contributed by atoms with Crippen molar-refractivity contribution >= 4 is 17.2 Å². The predicted molar refractivity (Wildman–Crippen MR) is 74.4 cm³/mol. The molecule has 19 heavy (non-hydrogen) atoms. The average molecular weight is 276 g/mol. The summed E-state index contributed by atoms with van der Waals surface area (Å²) >= 11 is 1.66. The van der Waals surface area contributed by atoms with Crippen LogP contribution in [-0.2, 0) is 11.3 Å². The maximum Gasteiger partial charge on any atom is 0.129 e. The van der Waals surface area contributed by atoms with Gasteiger partial charge in [-0.25, -0.2) is 15.0 Å². The Balaban J connectivity index is 1.65. The lowest BCUT2D eigenvalue weighted by Gasteiger charge is -2.09. The first-order chi connectivity index (χ1) is 9.31. The van der Waals surface area contributed by atoms with E-state index in [0.717, 1.165) is 41.8 Å². The monoisotopic (exact) mass is 276 g/mol. The molecule has 100 valence electrons. The maximum absolute atomic E-state index is 5.39. The van der Waals surface area contributed by atoms with E-state index in [1.165, 1.54) is 0 Å². The number of rotatable bonds is 4. The Hall–Kier alpha value is -1.53. The summed E-state index contributed by atoms with van der Waals surface area (Å²) in [5, 5.41) is 6.44. The zero-order valence-electron chi connectivity index (χ0n) is 10.8. The molecule has 1 aliphatic heterocycles. The third-order valence-electron chi connectivity index (χ3n) is 3.15. The summed E-state index contributed by atoms with van der Waals surface area (Å²) < 4.78 is 5.39. The fourth-order valence-corrected chi connectivity index (χ4v) is 2.74. The molecule has 0 saturated carbocycles. The number of anilines is 1. The standard InChI is InChI=1S/C13H16N4OS/c1-9-17-11(7-19-9)5-14-13-4-12(15-8-16-13)10-2-3-18-6-10/h4,7-8,10H,2-3,5-6H2,1H3,(H,14,15,16)/t10-/m1/s1. The van der Waals surface area contributed by atoms with Gasteiger partial charge >= 0.3 is 0 Å². The van der Waals surface area contributed by atoms with Crippen LogP contribution < -0.4 is 5.32 Å². The molecule has 1 N–H and O–H groups in total. The van der Waals surface area contributed by atoms with E-state index in [4.69, 9.17) is 4.74 Å². The van der Waals surface area contributed by atoms with Gasteiger partial charge < -0.3 is 10.1 Å². The van der Waals surface area contributed by atoms with Crippen molar-refractivity contribution in [3.05, 3.63) is 34.2 Å². The second-order valence-corrected chi connectivity index (χ2v) is 5.66. The molecular formula is C13H16N4OS. The highest BCUT2D eigenvalue weighted by Crippen LogP contribution is 2.24. The van der Waals surface area contributed by atoms with Crippen molar-refractivity contribution in [2.24, 2.45) is 0 Å². The Labute approximate surface area is 116 Å². The molecule has 0 radical (unpaired) electrons. The van der Waals surface area contributed by atoms with Crippen LogP contribution >= 0.6 is 11.3 Å². The van der Waals surface area contributed by atoms with Gasteiger partial charge in [-0.3, -0.25) is 0 Å². The topological polar surface area (TPSA) is 59.9 Å². The van der Waals surface area contributed by atoms with Gasteiger partial charge in [0.2, 0.25) is 0 Å². The van der Waals surface area contributed by atoms with E-state index in [0.29, 0.717) is 12.5 Å². The summed E-state index contributed by atoms with van der Waals surface area (Å²) in [6.45, 7) is 4.30. The first-order valence-corrected chi connectivity index (χ1v) is 7.24. The van der Waals surface area contributed by atoms with Crippen molar-refractivity contribution < 1.29 is 4.74 Å². The molecule has 2 aromatic heterocycles. The molecule has 3 rings (SSSR count). The molecule has 0 spiro atoms. The van der Waals surface area contributed by atoms with E-state index < -0.39 is 0 Å². The fraction of sp³-hybridized carbons (Fsp3) is 0.462. The van der Waals surface area contributed by atoms with Gasteiger partial charge in [-0.1, -0.05) is 0 Å². The third-order valence-corrected chi connectivity index (χ3v) is 3.98. The Morgan fingerprint density at radius 1 is 1.47 bits per heavy atom. The molecule has 1 atom stereocenters. The van der Waals surface area contributed by atoms with E-state index in [1.54, 1.807) is 17.7 Å². The molecule has 1 saturated heterocycles. The SMILES string of the molecule is Cc1nc(CNc2cc([C@@H]3CCOC3)ncn2)cs1. The quantitative estimate of drug-likeness (QED) is 0.929. The molecule has 2 aromatic rings. The predicted octanol–water partition coefficient (Wildman–Crippen LogP) is 2.36. The van der Waals surface area contributed by atoms with E-state index in [9.17, 15) is 0 Å². The van der Waals surface area contributed by atoms with Crippen LogP contribution in [0.1, 0.15) is 28.7 Å². The highest BCUT2D eigenvalue weighted by atomic mass is 32.1. The van der Waals surface area contributed by atoms with E-state index in [1.807, 2.05) is 13.0 Å². The van der Waals surface area contributed by atoms with Gasteiger partial charge in [0, 0.05) is 24.0 Å². The van der Waals surface area contributed by atoms with Crippen LogP contribution in [0.4, 0.5) is 5.82 Å². The van der Waals surface area contributed by atoms with Gasteiger partial charge in [-0.05, 0) is 13.3 Å². The number of thiazole rings is 1. The van der Waals surface area contributed by atoms with Gasteiger partial charge in [0.25, 0.3) is 0 Å². The molecule has 1 fully saturated rings. The summed E-state index contributed by atoms with van der Waals surface area (Å²) in [7, 11) is 0. The molecule has 3 heterocycles. The smallest absolute Gasteiger partial charge is 0.129 e. The Morgan fingerprint density at radius 2 is 2.42 bits per heavy atom. The lowest BCUT2D eigenvalue weighted by Crippen LogP contribution is -2.06. The second kappa shape index (κ2) is 5.63. The molecule has 0 unspecified atom stereocenters. The van der Waals surface area contributed by atoms with Crippen molar-refractivity contribution in [1.82, 2.24) is 15.0 Å². The number of ether oxygens (including phenoxy) is 1. The largest absolute Gasteiger partial charge is 0.381 e. The molecular weight excluding hydrogens is 260 g/mol. The normalized spacial score (nSPS) is 18.7. The van der Waals surface area contributed by atoms with Crippen molar-refractivity contribution in [3.8, 4) is 0 Å².